The molecule has 2 aliphatic heterocycles. The molecule has 192 valence electrons. The molecule has 2 aliphatic rings. The maximum Gasteiger partial charge on any atom is 0.213 e. The molecule has 4 aromatic rings. The molecule has 0 bridgehead atoms. The van der Waals surface area contributed by atoms with Gasteiger partial charge in [-0.2, -0.15) is 5.10 Å². The number of nitrogens with zero attached hydrogens (tertiary/aromatic N) is 2. The van der Waals surface area contributed by atoms with Crippen molar-refractivity contribution in [2.45, 2.75) is 25.3 Å². The Hall–Kier alpha value is -4.16. The van der Waals surface area contributed by atoms with Crippen molar-refractivity contribution in [1.29, 1.82) is 0 Å². The van der Waals surface area contributed by atoms with Gasteiger partial charge in [0.25, 0.3) is 0 Å². The van der Waals surface area contributed by atoms with E-state index < -0.39 is 0 Å². The summed E-state index contributed by atoms with van der Waals surface area (Å²) in [6, 6.07) is 29.8. The lowest BCUT2D eigenvalue weighted by Crippen LogP contribution is -2.33. The van der Waals surface area contributed by atoms with Crippen LogP contribution in [-0.4, -0.2) is 24.9 Å². The van der Waals surface area contributed by atoms with E-state index in [2.05, 4.69) is 11.1 Å². The fourth-order valence-corrected chi connectivity index (χ4v) is 5.05. The highest BCUT2D eigenvalue weighted by Crippen LogP contribution is 2.47. The molecule has 2 heterocycles. The van der Waals surface area contributed by atoms with Crippen molar-refractivity contribution < 1.29 is 18.9 Å². The van der Waals surface area contributed by atoms with Gasteiger partial charge in [-0.3, -0.25) is 0 Å². The second kappa shape index (κ2) is 10.3. The summed E-state index contributed by atoms with van der Waals surface area (Å²) in [4.78, 5) is 0. The number of fused-ring (bicyclic) bond motifs is 3. The molecule has 0 N–H and O–H groups in total. The third-order valence-electron chi connectivity index (χ3n) is 6.90. The van der Waals surface area contributed by atoms with Gasteiger partial charge in [0.1, 0.15) is 18.1 Å². The van der Waals surface area contributed by atoms with Crippen LogP contribution in [0.5, 0.6) is 23.0 Å². The first-order valence-corrected chi connectivity index (χ1v) is 12.8. The number of halogens is 1. The lowest BCUT2D eigenvalue weighted by atomic mass is 9.96. The van der Waals surface area contributed by atoms with Crippen LogP contribution in [0, 0.1) is 0 Å². The van der Waals surface area contributed by atoms with Crippen LogP contribution in [0.4, 0.5) is 0 Å². The Bertz CT molecular complexity index is 1470. The minimum Gasteiger partial charge on any atom is -0.493 e. The highest BCUT2D eigenvalue weighted by Gasteiger charge is 2.41. The van der Waals surface area contributed by atoms with Gasteiger partial charge >= 0.3 is 0 Å². The summed E-state index contributed by atoms with van der Waals surface area (Å²) in [6.07, 6.45) is 0.395. The SMILES string of the molecule is COc1ccc(C2=NN3[C@H](C2)c2ccccc2O[C@H]3c2ccc(OCc3ccc(Cl)cc3)cc2)cc1OC. The normalized spacial score (nSPS) is 17.7. The van der Waals surface area contributed by atoms with Crippen LogP contribution >= 0.6 is 11.6 Å². The lowest BCUT2D eigenvalue weighted by molar-refractivity contribution is -0.0190. The van der Waals surface area contributed by atoms with Crippen LogP contribution in [0.1, 0.15) is 40.9 Å². The topological polar surface area (TPSA) is 52.5 Å². The first-order valence-electron chi connectivity index (χ1n) is 12.4. The van der Waals surface area contributed by atoms with E-state index in [4.69, 9.17) is 35.6 Å². The van der Waals surface area contributed by atoms with Gasteiger partial charge in [-0.25, -0.2) is 5.01 Å². The molecule has 0 unspecified atom stereocenters. The number of rotatable bonds is 7. The molecule has 7 heteroatoms. The largest absolute Gasteiger partial charge is 0.493 e. The molecule has 0 amide bonds. The summed E-state index contributed by atoms with van der Waals surface area (Å²) < 4.78 is 23.4. The van der Waals surface area contributed by atoms with Crippen LogP contribution in [0.2, 0.25) is 5.02 Å². The molecule has 6 rings (SSSR count). The summed E-state index contributed by atoms with van der Waals surface area (Å²) in [6.45, 7) is 0.469. The Balaban J connectivity index is 1.27. The molecular formula is C31H27ClN2O4. The number of hydrogen-bond donors (Lipinski definition) is 0. The van der Waals surface area contributed by atoms with Crippen molar-refractivity contribution in [3.8, 4) is 23.0 Å². The maximum atomic E-state index is 6.50. The zero-order valence-corrected chi connectivity index (χ0v) is 21.9. The van der Waals surface area contributed by atoms with E-state index in [1.54, 1.807) is 14.2 Å². The minimum absolute atomic E-state index is 0.0638. The number of para-hydroxylation sites is 1. The van der Waals surface area contributed by atoms with Crippen molar-refractivity contribution in [3.05, 3.63) is 118 Å². The molecule has 0 aromatic heterocycles. The third-order valence-corrected chi connectivity index (χ3v) is 7.15. The summed E-state index contributed by atoms with van der Waals surface area (Å²) in [7, 11) is 3.28. The number of hydrogen-bond acceptors (Lipinski definition) is 6. The van der Waals surface area contributed by atoms with E-state index in [1.165, 1.54) is 0 Å². The monoisotopic (exact) mass is 526 g/mol. The first-order chi connectivity index (χ1) is 18.6. The van der Waals surface area contributed by atoms with E-state index in [1.807, 2.05) is 84.9 Å². The molecule has 4 aromatic carbocycles. The van der Waals surface area contributed by atoms with E-state index >= 15 is 0 Å². The smallest absolute Gasteiger partial charge is 0.213 e. The van der Waals surface area contributed by atoms with Crippen molar-refractivity contribution in [2.24, 2.45) is 5.10 Å². The Labute approximate surface area is 227 Å². The summed E-state index contributed by atoms with van der Waals surface area (Å²) in [5.74, 6) is 3.04. The molecule has 0 saturated heterocycles. The van der Waals surface area contributed by atoms with Crippen molar-refractivity contribution in [3.63, 3.8) is 0 Å². The van der Waals surface area contributed by atoms with Gasteiger partial charge in [-0.15, -0.1) is 0 Å². The molecular weight excluding hydrogens is 500 g/mol. The van der Waals surface area contributed by atoms with Crippen LogP contribution in [0.25, 0.3) is 0 Å². The van der Waals surface area contributed by atoms with E-state index in [-0.39, 0.29) is 12.3 Å². The summed E-state index contributed by atoms with van der Waals surface area (Å²) in [5.41, 5.74) is 5.16. The molecule has 2 atom stereocenters. The van der Waals surface area contributed by atoms with E-state index in [9.17, 15) is 0 Å². The predicted octanol–water partition coefficient (Wildman–Crippen LogP) is 7.18. The van der Waals surface area contributed by atoms with E-state index in [0.29, 0.717) is 23.1 Å². The predicted molar refractivity (Wildman–Crippen MR) is 147 cm³/mol. The van der Waals surface area contributed by atoms with Gasteiger partial charge in [0, 0.05) is 28.1 Å². The van der Waals surface area contributed by atoms with Gasteiger partial charge < -0.3 is 18.9 Å². The Morgan fingerprint density at radius 1 is 0.895 bits per heavy atom. The second-order valence-electron chi connectivity index (χ2n) is 9.21. The van der Waals surface area contributed by atoms with Crippen molar-refractivity contribution >= 4 is 17.3 Å². The van der Waals surface area contributed by atoms with Crippen molar-refractivity contribution in [2.75, 3.05) is 14.2 Å². The van der Waals surface area contributed by atoms with Crippen LogP contribution in [-0.2, 0) is 6.61 Å². The fraction of sp³-hybridized carbons (Fsp3) is 0.194. The van der Waals surface area contributed by atoms with E-state index in [0.717, 1.165) is 45.9 Å². The van der Waals surface area contributed by atoms with Gasteiger partial charge in [0.2, 0.25) is 6.23 Å². The third kappa shape index (κ3) is 4.63. The maximum absolute atomic E-state index is 6.50. The number of hydrazone groups is 1. The van der Waals surface area contributed by atoms with Crippen LogP contribution < -0.4 is 18.9 Å². The Morgan fingerprint density at radius 2 is 1.66 bits per heavy atom. The van der Waals surface area contributed by atoms with Gasteiger partial charge in [-0.1, -0.05) is 41.9 Å². The highest BCUT2D eigenvalue weighted by atomic mass is 35.5. The lowest BCUT2D eigenvalue weighted by Gasteiger charge is -2.38. The Kier molecular flexibility index (Phi) is 6.56. The fourth-order valence-electron chi connectivity index (χ4n) is 4.92. The van der Waals surface area contributed by atoms with Crippen molar-refractivity contribution in [1.82, 2.24) is 5.01 Å². The molecule has 38 heavy (non-hydrogen) atoms. The number of benzene rings is 4. The molecule has 6 nitrogen and oxygen atoms in total. The average Bonchev–Trinajstić information content (AvgIpc) is 3.42. The minimum atomic E-state index is -0.363. The average molecular weight is 527 g/mol. The first kappa shape index (κ1) is 24.2. The quantitative estimate of drug-likeness (QED) is 0.255. The van der Waals surface area contributed by atoms with Gasteiger partial charge in [-0.05, 0) is 66.2 Å². The van der Waals surface area contributed by atoms with Crippen LogP contribution in [0.3, 0.4) is 0 Å². The number of ether oxygens (including phenoxy) is 4. The molecule has 0 fully saturated rings. The van der Waals surface area contributed by atoms with Gasteiger partial charge in [0.05, 0.1) is 26.0 Å². The number of methoxy groups -OCH3 is 2. The highest BCUT2D eigenvalue weighted by molar-refractivity contribution is 6.30. The zero-order chi connectivity index (χ0) is 26.1. The summed E-state index contributed by atoms with van der Waals surface area (Å²) in [5, 5.41) is 7.84. The standard InChI is InChI=1S/C31H27ClN2O4/c1-35-29-16-11-22(17-30(29)36-2)26-18-27-25-5-3-4-6-28(25)38-31(34(27)33-26)21-9-14-24(15-10-21)37-19-20-7-12-23(32)13-8-20/h3-17,27,31H,18-19H2,1-2H3/t27-,31+/m1/s1. The van der Waals surface area contributed by atoms with Gasteiger partial charge in [0.15, 0.2) is 11.5 Å². The second-order valence-corrected chi connectivity index (χ2v) is 9.65. The molecule has 0 saturated carbocycles. The Morgan fingerprint density at radius 3 is 2.42 bits per heavy atom. The molecule has 0 spiro atoms. The molecule has 0 aliphatic carbocycles. The molecule has 0 radical (unpaired) electrons. The zero-order valence-electron chi connectivity index (χ0n) is 21.1. The van der Waals surface area contributed by atoms with Crippen LogP contribution in [0.15, 0.2) is 96.1 Å². The summed E-state index contributed by atoms with van der Waals surface area (Å²) >= 11 is 5.98.